The molecule has 0 N–H and O–H groups in total. The molecule has 0 bridgehead atoms. The van der Waals surface area contributed by atoms with Crippen LogP contribution in [-0.2, 0) is 6.42 Å². The summed E-state index contributed by atoms with van der Waals surface area (Å²) in [5.41, 5.74) is 2.85. The highest BCUT2D eigenvalue weighted by atomic mass is 16.4. The van der Waals surface area contributed by atoms with Gasteiger partial charge in [0.15, 0.2) is 11.7 Å². The standard InChI is InChI=1S/C21H23N3O2/c1-15(2)23-19-6-4-5-13-24(19)21(25)12-11-20-22-14-18(26-20)17-9-7-16(3)8-10-17/h4-10,13-15H,11-12H2,1-3H3. The Bertz CT molecular complexity index is 950. The summed E-state index contributed by atoms with van der Waals surface area (Å²) < 4.78 is 7.38. The van der Waals surface area contributed by atoms with Gasteiger partial charge in [-0.15, -0.1) is 0 Å². The van der Waals surface area contributed by atoms with Gasteiger partial charge in [0.25, 0.3) is 0 Å². The Kier molecular flexibility index (Phi) is 5.46. The van der Waals surface area contributed by atoms with Gasteiger partial charge in [0.1, 0.15) is 5.49 Å². The van der Waals surface area contributed by atoms with Gasteiger partial charge in [0.05, 0.1) is 6.20 Å². The minimum atomic E-state index is -0.0277. The number of carbonyl (C=O) groups is 1. The molecule has 0 radical (unpaired) electrons. The molecule has 2 heterocycles. The molecule has 0 saturated heterocycles. The summed E-state index contributed by atoms with van der Waals surface area (Å²) in [5.74, 6) is 1.25. The van der Waals surface area contributed by atoms with Crippen LogP contribution in [0.5, 0.6) is 0 Å². The summed E-state index contributed by atoms with van der Waals surface area (Å²) >= 11 is 0. The largest absolute Gasteiger partial charge is 0.441 e. The number of aryl methyl sites for hydroxylation is 2. The molecular formula is C21H23N3O2. The van der Waals surface area contributed by atoms with Crippen LogP contribution in [-0.4, -0.2) is 21.5 Å². The molecule has 0 spiro atoms. The minimum absolute atomic E-state index is 0.0277. The van der Waals surface area contributed by atoms with Crippen molar-refractivity contribution < 1.29 is 9.21 Å². The number of rotatable bonds is 5. The van der Waals surface area contributed by atoms with E-state index in [0.29, 0.717) is 24.2 Å². The fourth-order valence-corrected chi connectivity index (χ4v) is 2.63. The Morgan fingerprint density at radius 3 is 2.69 bits per heavy atom. The average Bonchev–Trinajstić information content (AvgIpc) is 3.09. The predicted octanol–water partition coefficient (Wildman–Crippen LogP) is 4.03. The van der Waals surface area contributed by atoms with Gasteiger partial charge < -0.3 is 4.42 Å². The molecule has 1 aromatic carbocycles. The lowest BCUT2D eigenvalue weighted by atomic mass is 10.1. The van der Waals surface area contributed by atoms with Crippen molar-refractivity contribution in [1.29, 1.82) is 0 Å². The van der Waals surface area contributed by atoms with Crippen molar-refractivity contribution in [3.05, 3.63) is 71.8 Å². The van der Waals surface area contributed by atoms with Gasteiger partial charge in [-0.05, 0) is 32.9 Å². The number of hydrogen-bond acceptors (Lipinski definition) is 4. The molecule has 134 valence electrons. The molecule has 0 aliphatic heterocycles. The van der Waals surface area contributed by atoms with Crippen molar-refractivity contribution in [3.63, 3.8) is 0 Å². The smallest absolute Gasteiger partial charge is 0.232 e. The fourth-order valence-electron chi connectivity index (χ4n) is 2.63. The molecule has 26 heavy (non-hydrogen) atoms. The SMILES string of the molecule is Cc1ccc(-c2cnc(CCC(=O)n3ccccc3=NC(C)C)o2)cc1. The van der Waals surface area contributed by atoms with Crippen LogP contribution < -0.4 is 5.49 Å². The van der Waals surface area contributed by atoms with Gasteiger partial charge >= 0.3 is 0 Å². The Labute approximate surface area is 153 Å². The molecule has 3 rings (SSSR count). The second kappa shape index (κ2) is 7.95. The van der Waals surface area contributed by atoms with E-state index in [2.05, 4.69) is 9.98 Å². The van der Waals surface area contributed by atoms with Gasteiger partial charge in [-0.3, -0.25) is 14.4 Å². The first-order valence-electron chi connectivity index (χ1n) is 8.79. The van der Waals surface area contributed by atoms with Gasteiger partial charge in [0, 0.05) is 30.6 Å². The lowest BCUT2D eigenvalue weighted by molar-refractivity contribution is 0.0894. The maximum absolute atomic E-state index is 12.6. The molecular weight excluding hydrogens is 326 g/mol. The molecule has 0 aliphatic carbocycles. The van der Waals surface area contributed by atoms with Crippen molar-refractivity contribution in [3.8, 4) is 11.3 Å². The second-order valence-corrected chi connectivity index (χ2v) is 6.53. The summed E-state index contributed by atoms with van der Waals surface area (Å²) in [6.45, 7) is 6.02. The van der Waals surface area contributed by atoms with Gasteiger partial charge in [0.2, 0.25) is 5.91 Å². The van der Waals surface area contributed by atoms with E-state index in [0.717, 1.165) is 11.3 Å². The van der Waals surface area contributed by atoms with Crippen LogP contribution in [0, 0.1) is 6.92 Å². The normalized spacial score (nSPS) is 11.9. The fraction of sp³-hybridized carbons (Fsp3) is 0.286. The Morgan fingerprint density at radius 2 is 1.96 bits per heavy atom. The van der Waals surface area contributed by atoms with E-state index >= 15 is 0 Å². The lowest BCUT2D eigenvalue weighted by Gasteiger charge is -2.06. The maximum Gasteiger partial charge on any atom is 0.232 e. The number of aromatic nitrogens is 2. The number of hydrogen-bond donors (Lipinski definition) is 0. The summed E-state index contributed by atoms with van der Waals surface area (Å²) in [5, 5.41) is 0. The topological polar surface area (TPSA) is 60.4 Å². The first kappa shape index (κ1) is 17.9. The zero-order valence-electron chi connectivity index (χ0n) is 15.3. The van der Waals surface area contributed by atoms with Gasteiger partial charge in [-0.1, -0.05) is 35.9 Å². The molecule has 0 amide bonds. The third-order valence-corrected chi connectivity index (χ3v) is 3.94. The molecule has 5 nitrogen and oxygen atoms in total. The number of nitrogens with zero attached hydrogens (tertiary/aromatic N) is 3. The van der Waals surface area contributed by atoms with Crippen LogP contribution in [0.3, 0.4) is 0 Å². The predicted molar refractivity (Wildman–Crippen MR) is 101 cm³/mol. The quantitative estimate of drug-likeness (QED) is 0.698. The minimum Gasteiger partial charge on any atom is -0.441 e. The number of carbonyl (C=O) groups excluding carboxylic acids is 1. The zero-order valence-corrected chi connectivity index (χ0v) is 15.3. The van der Waals surface area contributed by atoms with Crippen LogP contribution in [0.4, 0.5) is 0 Å². The molecule has 5 heteroatoms. The summed E-state index contributed by atoms with van der Waals surface area (Å²) in [7, 11) is 0. The van der Waals surface area contributed by atoms with Crippen molar-refractivity contribution in [2.45, 2.75) is 39.7 Å². The van der Waals surface area contributed by atoms with Crippen molar-refractivity contribution in [1.82, 2.24) is 9.55 Å². The van der Waals surface area contributed by atoms with Gasteiger partial charge in [-0.2, -0.15) is 0 Å². The first-order valence-corrected chi connectivity index (χ1v) is 8.79. The Morgan fingerprint density at radius 1 is 1.19 bits per heavy atom. The van der Waals surface area contributed by atoms with E-state index in [1.54, 1.807) is 17.0 Å². The molecule has 0 atom stereocenters. The molecule has 0 unspecified atom stereocenters. The monoisotopic (exact) mass is 349 g/mol. The summed E-state index contributed by atoms with van der Waals surface area (Å²) in [4.78, 5) is 21.4. The van der Waals surface area contributed by atoms with Crippen molar-refractivity contribution in [2.24, 2.45) is 4.99 Å². The van der Waals surface area contributed by atoms with Gasteiger partial charge in [-0.25, -0.2) is 4.98 Å². The van der Waals surface area contributed by atoms with E-state index in [9.17, 15) is 4.79 Å². The average molecular weight is 349 g/mol. The van der Waals surface area contributed by atoms with Crippen LogP contribution in [0.1, 0.15) is 36.5 Å². The van der Waals surface area contributed by atoms with Crippen molar-refractivity contribution >= 4 is 5.91 Å². The highest BCUT2D eigenvalue weighted by Gasteiger charge is 2.11. The van der Waals surface area contributed by atoms with E-state index in [1.807, 2.05) is 63.2 Å². The highest BCUT2D eigenvalue weighted by Crippen LogP contribution is 2.21. The molecule has 0 fully saturated rings. The van der Waals surface area contributed by atoms with Crippen LogP contribution in [0.15, 0.2) is 64.3 Å². The third-order valence-electron chi connectivity index (χ3n) is 3.94. The molecule has 2 aromatic heterocycles. The second-order valence-electron chi connectivity index (χ2n) is 6.53. The van der Waals surface area contributed by atoms with E-state index in [-0.39, 0.29) is 11.9 Å². The maximum atomic E-state index is 12.6. The summed E-state index contributed by atoms with van der Waals surface area (Å²) in [6.07, 6.45) is 4.22. The number of oxazole rings is 1. The van der Waals surface area contributed by atoms with Crippen LogP contribution in [0.2, 0.25) is 0 Å². The third kappa shape index (κ3) is 4.36. The van der Waals surface area contributed by atoms with Crippen LogP contribution in [0.25, 0.3) is 11.3 Å². The van der Waals surface area contributed by atoms with E-state index in [1.165, 1.54) is 5.56 Å². The number of pyridine rings is 1. The molecule has 3 aromatic rings. The van der Waals surface area contributed by atoms with Crippen LogP contribution >= 0.6 is 0 Å². The molecule has 0 saturated carbocycles. The zero-order chi connectivity index (χ0) is 18.5. The van der Waals surface area contributed by atoms with E-state index in [4.69, 9.17) is 4.42 Å². The number of benzene rings is 1. The molecule has 0 aliphatic rings. The Hall–Kier alpha value is -2.95. The van der Waals surface area contributed by atoms with Crippen molar-refractivity contribution in [2.75, 3.05) is 0 Å². The van der Waals surface area contributed by atoms with E-state index < -0.39 is 0 Å². The first-order chi connectivity index (χ1) is 12.5. The highest BCUT2D eigenvalue weighted by molar-refractivity contribution is 5.78. The lowest BCUT2D eigenvalue weighted by Crippen LogP contribution is -2.27. The summed E-state index contributed by atoms with van der Waals surface area (Å²) in [6, 6.07) is 13.8. The Balaban J connectivity index is 1.70.